The van der Waals surface area contributed by atoms with Gasteiger partial charge in [-0.2, -0.15) is 0 Å². The number of hydrogen-bond donors (Lipinski definition) is 0. The highest BCUT2D eigenvalue weighted by Crippen LogP contribution is 2.41. The van der Waals surface area contributed by atoms with Crippen molar-refractivity contribution in [2.45, 2.75) is 25.8 Å². The fourth-order valence-electron chi connectivity index (χ4n) is 4.09. The number of rotatable bonds is 3. The van der Waals surface area contributed by atoms with Gasteiger partial charge in [0.25, 0.3) is 5.91 Å². The van der Waals surface area contributed by atoms with E-state index < -0.39 is 5.41 Å². The molecule has 26 heavy (non-hydrogen) atoms. The zero-order valence-corrected chi connectivity index (χ0v) is 14.5. The summed E-state index contributed by atoms with van der Waals surface area (Å²) in [6.45, 7) is 2.18. The van der Waals surface area contributed by atoms with E-state index in [2.05, 4.69) is 0 Å². The molecule has 3 heterocycles. The van der Waals surface area contributed by atoms with Crippen LogP contribution in [0.4, 0.5) is 4.39 Å². The van der Waals surface area contributed by atoms with Crippen molar-refractivity contribution in [2.75, 3.05) is 19.6 Å². The molecule has 6 heteroatoms. The van der Waals surface area contributed by atoms with Gasteiger partial charge in [-0.05, 0) is 49.1 Å². The lowest BCUT2D eigenvalue weighted by Crippen LogP contribution is -2.50. The van der Waals surface area contributed by atoms with Gasteiger partial charge in [-0.15, -0.1) is 0 Å². The number of amides is 2. The summed E-state index contributed by atoms with van der Waals surface area (Å²) in [5.41, 5.74) is 0.416. The van der Waals surface area contributed by atoms with E-state index in [-0.39, 0.29) is 17.6 Å². The van der Waals surface area contributed by atoms with E-state index in [0.717, 1.165) is 18.4 Å². The highest BCUT2D eigenvalue weighted by atomic mass is 19.1. The summed E-state index contributed by atoms with van der Waals surface area (Å²) in [6, 6.07) is 9.60. The normalized spacial score (nSPS) is 23.0. The summed E-state index contributed by atoms with van der Waals surface area (Å²) in [5, 5.41) is 0. The molecule has 1 spiro atoms. The van der Waals surface area contributed by atoms with E-state index >= 15 is 0 Å². The van der Waals surface area contributed by atoms with E-state index in [1.807, 2.05) is 4.90 Å². The minimum Gasteiger partial charge on any atom is -0.459 e. The molecule has 2 fully saturated rings. The SMILES string of the molecule is O=C(c1ccco1)N1CCC2(CCCN(Cc3ccc(F)cc3)C2=O)C1. The van der Waals surface area contributed by atoms with E-state index in [4.69, 9.17) is 4.42 Å². The third-order valence-corrected chi connectivity index (χ3v) is 5.48. The molecule has 2 aliphatic heterocycles. The van der Waals surface area contributed by atoms with Crippen molar-refractivity contribution in [3.05, 3.63) is 59.8 Å². The second kappa shape index (κ2) is 6.59. The lowest BCUT2D eigenvalue weighted by molar-refractivity contribution is -0.146. The summed E-state index contributed by atoms with van der Waals surface area (Å²) >= 11 is 0. The van der Waals surface area contributed by atoms with Crippen molar-refractivity contribution in [3.8, 4) is 0 Å². The highest BCUT2D eigenvalue weighted by Gasteiger charge is 2.49. The largest absolute Gasteiger partial charge is 0.459 e. The van der Waals surface area contributed by atoms with E-state index in [1.165, 1.54) is 18.4 Å². The molecule has 0 bridgehead atoms. The molecule has 0 N–H and O–H groups in total. The average molecular weight is 356 g/mol. The lowest BCUT2D eigenvalue weighted by atomic mass is 9.78. The van der Waals surface area contributed by atoms with Gasteiger partial charge in [0, 0.05) is 26.2 Å². The molecule has 0 aliphatic carbocycles. The second-order valence-corrected chi connectivity index (χ2v) is 7.19. The van der Waals surface area contributed by atoms with Crippen molar-refractivity contribution in [1.82, 2.24) is 9.80 Å². The Morgan fingerprint density at radius 3 is 2.69 bits per heavy atom. The second-order valence-electron chi connectivity index (χ2n) is 7.19. The molecular formula is C20H21FN2O3. The summed E-state index contributed by atoms with van der Waals surface area (Å²) < 4.78 is 18.3. The van der Waals surface area contributed by atoms with Gasteiger partial charge in [-0.1, -0.05) is 12.1 Å². The van der Waals surface area contributed by atoms with Crippen LogP contribution >= 0.6 is 0 Å². The van der Waals surface area contributed by atoms with Crippen LogP contribution in [0.25, 0.3) is 0 Å². The molecule has 1 aromatic heterocycles. The zero-order valence-electron chi connectivity index (χ0n) is 14.5. The van der Waals surface area contributed by atoms with Crippen molar-refractivity contribution in [3.63, 3.8) is 0 Å². The van der Waals surface area contributed by atoms with Crippen LogP contribution in [0.5, 0.6) is 0 Å². The number of piperidine rings is 1. The van der Waals surface area contributed by atoms with Crippen LogP contribution in [-0.4, -0.2) is 41.2 Å². The summed E-state index contributed by atoms with van der Waals surface area (Å²) in [7, 11) is 0. The van der Waals surface area contributed by atoms with Crippen molar-refractivity contribution in [2.24, 2.45) is 5.41 Å². The number of carbonyl (C=O) groups is 2. The number of nitrogens with zero attached hydrogens (tertiary/aromatic N) is 2. The van der Waals surface area contributed by atoms with Crippen LogP contribution in [0, 0.1) is 11.2 Å². The van der Waals surface area contributed by atoms with Gasteiger partial charge in [-0.3, -0.25) is 9.59 Å². The number of likely N-dealkylation sites (tertiary alicyclic amines) is 2. The number of benzene rings is 1. The number of carbonyl (C=O) groups excluding carboxylic acids is 2. The van der Waals surface area contributed by atoms with E-state index in [0.29, 0.717) is 38.4 Å². The van der Waals surface area contributed by atoms with Crippen LogP contribution in [0.3, 0.4) is 0 Å². The first kappa shape index (κ1) is 16.8. The summed E-state index contributed by atoms with van der Waals surface area (Å²) in [5.74, 6) is -0.0234. The molecule has 2 aliphatic rings. The maximum Gasteiger partial charge on any atom is 0.289 e. The Balaban J connectivity index is 1.47. The molecule has 2 saturated heterocycles. The fraction of sp³-hybridized carbons (Fsp3) is 0.400. The first-order chi connectivity index (χ1) is 12.6. The van der Waals surface area contributed by atoms with Gasteiger partial charge in [0.05, 0.1) is 11.7 Å². The Bertz CT molecular complexity index is 803. The van der Waals surface area contributed by atoms with Gasteiger partial charge in [-0.25, -0.2) is 4.39 Å². The molecule has 136 valence electrons. The molecule has 0 radical (unpaired) electrons. The Labute approximate surface area is 151 Å². The standard InChI is InChI=1S/C20H21FN2O3/c21-16-6-4-15(5-7-16)13-22-10-2-8-20(19(22)25)9-11-23(14-20)18(24)17-3-1-12-26-17/h1,3-7,12H,2,8-11,13-14H2. The monoisotopic (exact) mass is 356 g/mol. The minimum absolute atomic E-state index is 0.0998. The molecule has 2 amide bonds. The quantitative estimate of drug-likeness (QED) is 0.849. The Morgan fingerprint density at radius 1 is 1.15 bits per heavy atom. The maximum atomic E-state index is 13.2. The van der Waals surface area contributed by atoms with Gasteiger partial charge in [0.2, 0.25) is 5.91 Å². The molecule has 1 unspecified atom stereocenters. The van der Waals surface area contributed by atoms with Crippen LogP contribution in [0.1, 0.15) is 35.4 Å². The van der Waals surface area contributed by atoms with Crippen LogP contribution in [0.2, 0.25) is 0 Å². The molecule has 4 rings (SSSR count). The van der Waals surface area contributed by atoms with Gasteiger partial charge >= 0.3 is 0 Å². The fourth-order valence-corrected chi connectivity index (χ4v) is 4.09. The van der Waals surface area contributed by atoms with Crippen LogP contribution < -0.4 is 0 Å². The minimum atomic E-state index is -0.499. The van der Waals surface area contributed by atoms with Gasteiger partial charge in [0.1, 0.15) is 5.82 Å². The molecule has 1 aromatic carbocycles. The maximum absolute atomic E-state index is 13.2. The number of halogens is 1. The van der Waals surface area contributed by atoms with Crippen molar-refractivity contribution < 1.29 is 18.4 Å². The Morgan fingerprint density at radius 2 is 1.96 bits per heavy atom. The zero-order chi connectivity index (χ0) is 18.1. The molecular weight excluding hydrogens is 335 g/mol. The first-order valence-corrected chi connectivity index (χ1v) is 8.94. The van der Waals surface area contributed by atoms with Crippen molar-refractivity contribution in [1.29, 1.82) is 0 Å². The van der Waals surface area contributed by atoms with E-state index in [1.54, 1.807) is 29.2 Å². The highest BCUT2D eigenvalue weighted by molar-refractivity contribution is 5.93. The predicted octanol–water partition coefficient (Wildman–Crippen LogP) is 3.07. The smallest absolute Gasteiger partial charge is 0.289 e. The molecule has 5 nitrogen and oxygen atoms in total. The van der Waals surface area contributed by atoms with Gasteiger partial charge < -0.3 is 14.2 Å². The Hall–Kier alpha value is -2.63. The average Bonchev–Trinajstić information content (AvgIpc) is 3.31. The Kier molecular flexibility index (Phi) is 4.26. The summed E-state index contributed by atoms with van der Waals surface area (Å²) in [4.78, 5) is 29.2. The topological polar surface area (TPSA) is 53.8 Å². The third-order valence-electron chi connectivity index (χ3n) is 5.48. The van der Waals surface area contributed by atoms with Crippen LogP contribution in [0.15, 0.2) is 47.1 Å². The lowest BCUT2D eigenvalue weighted by Gasteiger charge is -2.39. The van der Waals surface area contributed by atoms with E-state index in [9.17, 15) is 14.0 Å². The summed E-state index contributed by atoms with van der Waals surface area (Å²) in [6.07, 6.45) is 3.87. The van der Waals surface area contributed by atoms with Crippen LogP contribution in [-0.2, 0) is 11.3 Å². The molecule has 2 aromatic rings. The first-order valence-electron chi connectivity index (χ1n) is 8.94. The number of hydrogen-bond acceptors (Lipinski definition) is 3. The predicted molar refractivity (Wildman–Crippen MR) is 92.7 cm³/mol. The molecule has 0 saturated carbocycles. The van der Waals surface area contributed by atoms with Gasteiger partial charge in [0.15, 0.2) is 5.76 Å². The van der Waals surface area contributed by atoms with Crippen molar-refractivity contribution >= 4 is 11.8 Å². The molecule has 1 atom stereocenters. The number of furan rings is 1. The third kappa shape index (κ3) is 3.00.